The summed E-state index contributed by atoms with van der Waals surface area (Å²) >= 11 is 0. The molecule has 0 radical (unpaired) electrons. The molecule has 206 valence electrons. The highest BCUT2D eigenvalue weighted by atomic mass is 16.1. The number of rotatable bonds is 7. The number of carbonyl (C=O) groups is 1. The van der Waals surface area contributed by atoms with Gasteiger partial charge in [-0.2, -0.15) is 0 Å². The van der Waals surface area contributed by atoms with E-state index in [0.29, 0.717) is 28.5 Å². The molecule has 0 bridgehead atoms. The minimum atomic E-state index is -0.129. The molecule has 7 nitrogen and oxygen atoms in total. The van der Waals surface area contributed by atoms with Crippen molar-refractivity contribution in [2.24, 2.45) is 5.41 Å². The van der Waals surface area contributed by atoms with Crippen LogP contribution in [0.15, 0.2) is 79.3 Å². The predicted octanol–water partition coefficient (Wildman–Crippen LogP) is 7.07. The number of nitrogens with one attached hydrogen (secondary N) is 2. The third-order valence-corrected chi connectivity index (χ3v) is 7.28. The molecule has 2 aromatic carbocycles. The molecule has 5 rings (SSSR count). The summed E-state index contributed by atoms with van der Waals surface area (Å²) in [6.07, 6.45) is 7.55. The highest BCUT2D eigenvalue weighted by molar-refractivity contribution is 6.04. The van der Waals surface area contributed by atoms with Gasteiger partial charge in [-0.05, 0) is 97.8 Å². The smallest absolute Gasteiger partial charge is 0.255 e. The minimum Gasteiger partial charge on any atom is -0.324 e. The van der Waals surface area contributed by atoms with Crippen molar-refractivity contribution in [1.82, 2.24) is 19.9 Å². The average molecular weight is 535 g/mol. The van der Waals surface area contributed by atoms with Crippen molar-refractivity contribution < 1.29 is 4.79 Å². The third kappa shape index (κ3) is 7.10. The zero-order chi connectivity index (χ0) is 28.1. The van der Waals surface area contributed by atoms with E-state index in [4.69, 9.17) is 0 Å². The Balaban J connectivity index is 1.21. The number of hydrogen-bond acceptors (Lipinski definition) is 6. The molecule has 1 aliphatic heterocycles. The lowest BCUT2D eigenvalue weighted by molar-refractivity contribution is 0.102. The quantitative estimate of drug-likeness (QED) is 0.264. The molecule has 0 spiro atoms. The van der Waals surface area contributed by atoms with Gasteiger partial charge in [0, 0.05) is 47.6 Å². The van der Waals surface area contributed by atoms with Gasteiger partial charge in [0.25, 0.3) is 5.91 Å². The van der Waals surface area contributed by atoms with Crippen LogP contribution in [0.1, 0.15) is 61.0 Å². The summed E-state index contributed by atoms with van der Waals surface area (Å²) in [5, 5.41) is 6.34. The van der Waals surface area contributed by atoms with Gasteiger partial charge in [0.15, 0.2) is 0 Å². The van der Waals surface area contributed by atoms with Crippen molar-refractivity contribution >= 4 is 23.2 Å². The number of pyridine rings is 1. The van der Waals surface area contributed by atoms with Gasteiger partial charge >= 0.3 is 0 Å². The third-order valence-electron chi connectivity index (χ3n) is 7.28. The second kappa shape index (κ2) is 12.0. The second-order valence-electron chi connectivity index (χ2n) is 11.8. The highest BCUT2D eigenvalue weighted by Crippen LogP contribution is 2.30. The molecule has 1 aliphatic rings. The van der Waals surface area contributed by atoms with Crippen molar-refractivity contribution in [3.63, 3.8) is 0 Å². The number of amides is 1. The van der Waals surface area contributed by atoms with Crippen LogP contribution < -0.4 is 10.6 Å². The largest absolute Gasteiger partial charge is 0.324 e. The fourth-order valence-corrected chi connectivity index (χ4v) is 5.25. The van der Waals surface area contributed by atoms with Crippen molar-refractivity contribution in [3.05, 3.63) is 95.9 Å². The molecule has 2 aromatic heterocycles. The lowest BCUT2D eigenvalue weighted by Crippen LogP contribution is -2.38. The Morgan fingerprint density at radius 2 is 1.77 bits per heavy atom. The van der Waals surface area contributed by atoms with Gasteiger partial charge in [-0.1, -0.05) is 39.0 Å². The van der Waals surface area contributed by atoms with Crippen molar-refractivity contribution in [2.75, 3.05) is 30.3 Å². The summed E-state index contributed by atoms with van der Waals surface area (Å²) in [6.45, 7) is 12.3. The number of aromatic nitrogens is 3. The van der Waals surface area contributed by atoms with Crippen molar-refractivity contribution in [1.29, 1.82) is 0 Å². The molecule has 0 unspecified atom stereocenters. The first kappa shape index (κ1) is 27.5. The monoisotopic (exact) mass is 534 g/mol. The Kier molecular flexibility index (Phi) is 8.21. The number of likely N-dealkylation sites (tertiary alicyclic amines) is 1. The Hall–Kier alpha value is -4.10. The van der Waals surface area contributed by atoms with Crippen molar-refractivity contribution in [3.8, 4) is 11.3 Å². The van der Waals surface area contributed by atoms with Crippen molar-refractivity contribution in [2.45, 2.75) is 46.5 Å². The van der Waals surface area contributed by atoms with Crippen LogP contribution in [0.5, 0.6) is 0 Å². The van der Waals surface area contributed by atoms with E-state index < -0.39 is 0 Å². The molecule has 1 amide bonds. The van der Waals surface area contributed by atoms with E-state index in [1.54, 1.807) is 18.6 Å². The Labute approximate surface area is 237 Å². The van der Waals surface area contributed by atoms with Crippen LogP contribution in [0.2, 0.25) is 0 Å². The number of hydrogen-bond donors (Lipinski definition) is 2. The van der Waals surface area contributed by atoms with E-state index in [-0.39, 0.29) is 5.91 Å². The van der Waals surface area contributed by atoms with Gasteiger partial charge in [-0.25, -0.2) is 9.97 Å². The zero-order valence-corrected chi connectivity index (χ0v) is 23.8. The molecule has 1 saturated heterocycles. The van der Waals surface area contributed by atoms with E-state index in [0.717, 1.165) is 55.0 Å². The van der Waals surface area contributed by atoms with E-state index in [1.165, 1.54) is 5.56 Å². The van der Waals surface area contributed by atoms with Crippen LogP contribution in [0.3, 0.4) is 0 Å². The molecular weight excluding hydrogens is 496 g/mol. The van der Waals surface area contributed by atoms with E-state index in [1.807, 2.05) is 55.5 Å². The highest BCUT2D eigenvalue weighted by Gasteiger charge is 2.24. The zero-order valence-electron chi connectivity index (χ0n) is 23.8. The van der Waals surface area contributed by atoms with Crippen LogP contribution in [0.25, 0.3) is 11.3 Å². The van der Waals surface area contributed by atoms with Gasteiger partial charge in [0.1, 0.15) is 0 Å². The number of carbonyl (C=O) groups excluding carboxylic acids is 1. The Morgan fingerprint density at radius 3 is 2.48 bits per heavy atom. The Morgan fingerprint density at radius 1 is 1.00 bits per heavy atom. The Bertz CT molecular complexity index is 1440. The SMILES string of the molecule is Cc1ccc(NC(=O)c2ccc(C3CCN(CC(C)(C)C)CC3)cc2)cc1Nc1nccc(-c2cccnc2)n1. The second-order valence-corrected chi connectivity index (χ2v) is 11.8. The maximum atomic E-state index is 13.1. The molecule has 0 atom stereocenters. The molecule has 0 saturated carbocycles. The first-order chi connectivity index (χ1) is 19.2. The molecular formula is C33H38N6O. The summed E-state index contributed by atoms with van der Waals surface area (Å²) in [5.74, 6) is 0.905. The number of aryl methyl sites for hydroxylation is 1. The van der Waals surface area contributed by atoms with Crippen LogP contribution in [-0.2, 0) is 0 Å². The van der Waals surface area contributed by atoms with Crippen LogP contribution in [-0.4, -0.2) is 45.4 Å². The molecule has 4 aromatic rings. The van der Waals surface area contributed by atoms with Gasteiger partial charge < -0.3 is 15.5 Å². The molecule has 0 aliphatic carbocycles. The standard InChI is InChI=1S/C33H38N6O/c1-23-7-12-28(20-30(23)38-32-35-17-13-29(37-32)27-6-5-16-34-21-27)36-31(40)26-10-8-24(9-11-26)25-14-18-39(19-15-25)22-33(2,3)4/h5-13,16-17,20-21,25H,14-15,18-19,22H2,1-4H3,(H,36,40)(H,35,37,38). The molecule has 40 heavy (non-hydrogen) atoms. The number of nitrogens with zero attached hydrogens (tertiary/aromatic N) is 4. The first-order valence-corrected chi connectivity index (χ1v) is 14.0. The summed E-state index contributed by atoms with van der Waals surface area (Å²) < 4.78 is 0. The molecule has 1 fully saturated rings. The lowest BCUT2D eigenvalue weighted by atomic mass is 9.87. The van der Waals surface area contributed by atoms with Crippen LogP contribution >= 0.6 is 0 Å². The summed E-state index contributed by atoms with van der Waals surface area (Å²) in [6, 6.07) is 19.6. The number of piperidine rings is 1. The van der Waals surface area contributed by atoms with E-state index >= 15 is 0 Å². The topological polar surface area (TPSA) is 83.0 Å². The normalized spacial score (nSPS) is 14.6. The first-order valence-electron chi connectivity index (χ1n) is 14.0. The molecule has 2 N–H and O–H groups in total. The molecule has 3 heterocycles. The predicted molar refractivity (Wildman–Crippen MR) is 162 cm³/mol. The van der Waals surface area contributed by atoms with E-state index in [2.05, 4.69) is 63.4 Å². The summed E-state index contributed by atoms with van der Waals surface area (Å²) in [5.41, 5.74) is 6.56. The van der Waals surface area contributed by atoms with Gasteiger partial charge in [-0.3, -0.25) is 9.78 Å². The minimum absolute atomic E-state index is 0.129. The van der Waals surface area contributed by atoms with E-state index in [9.17, 15) is 4.79 Å². The lowest BCUT2D eigenvalue weighted by Gasteiger charge is -2.36. The van der Waals surface area contributed by atoms with Crippen LogP contribution in [0.4, 0.5) is 17.3 Å². The number of benzene rings is 2. The summed E-state index contributed by atoms with van der Waals surface area (Å²) in [7, 11) is 0. The maximum Gasteiger partial charge on any atom is 0.255 e. The molecule has 7 heteroatoms. The maximum absolute atomic E-state index is 13.1. The van der Waals surface area contributed by atoms with Crippen LogP contribution in [0, 0.1) is 12.3 Å². The summed E-state index contributed by atoms with van der Waals surface area (Å²) in [4.78, 5) is 28.8. The fourth-order valence-electron chi connectivity index (χ4n) is 5.25. The van der Waals surface area contributed by atoms with Gasteiger partial charge in [0.05, 0.1) is 5.69 Å². The van der Waals surface area contributed by atoms with Gasteiger partial charge in [0.2, 0.25) is 5.95 Å². The van der Waals surface area contributed by atoms with Gasteiger partial charge in [-0.15, -0.1) is 0 Å². The fraction of sp³-hybridized carbons (Fsp3) is 0.333. The average Bonchev–Trinajstić information content (AvgIpc) is 2.95. The number of anilines is 3.